The Kier molecular flexibility index (Phi) is 4.30. The summed E-state index contributed by atoms with van der Waals surface area (Å²) in [6.07, 6.45) is 0.237. The van der Waals surface area contributed by atoms with Gasteiger partial charge in [-0.05, 0) is 12.1 Å². The van der Waals surface area contributed by atoms with E-state index in [2.05, 4.69) is 0 Å². The van der Waals surface area contributed by atoms with Gasteiger partial charge in [0, 0.05) is 12.0 Å². The van der Waals surface area contributed by atoms with E-state index in [-0.39, 0.29) is 23.0 Å². The lowest BCUT2D eigenvalue weighted by Crippen LogP contribution is -2.07. The highest BCUT2D eigenvalue weighted by Crippen LogP contribution is 2.26. The van der Waals surface area contributed by atoms with Crippen molar-refractivity contribution in [2.75, 3.05) is 0 Å². The number of hydrogen-bond acceptors (Lipinski definition) is 2. The van der Waals surface area contributed by atoms with Gasteiger partial charge in [-0.1, -0.05) is 36.2 Å². The van der Waals surface area contributed by atoms with Crippen LogP contribution in [0.1, 0.15) is 30.1 Å². The number of halogens is 2. The molecule has 0 radical (unpaired) electrons. The SMILES string of the molecule is CCC(=O)CC(=O)c1cccc(Cl)c1Cl. The molecule has 0 heterocycles. The van der Waals surface area contributed by atoms with Crippen LogP contribution in [0.15, 0.2) is 18.2 Å². The quantitative estimate of drug-likeness (QED) is 0.600. The minimum absolute atomic E-state index is 0.101. The predicted molar refractivity (Wildman–Crippen MR) is 60.7 cm³/mol. The molecule has 0 aliphatic rings. The van der Waals surface area contributed by atoms with E-state index < -0.39 is 0 Å². The van der Waals surface area contributed by atoms with Gasteiger partial charge in [0.25, 0.3) is 0 Å². The molecule has 2 nitrogen and oxygen atoms in total. The smallest absolute Gasteiger partial charge is 0.171 e. The molecule has 0 aliphatic heterocycles. The molecule has 0 saturated heterocycles. The Hall–Kier alpha value is -0.860. The molecule has 0 saturated carbocycles. The summed E-state index contributed by atoms with van der Waals surface area (Å²) in [7, 11) is 0. The Morgan fingerprint density at radius 2 is 1.93 bits per heavy atom. The topological polar surface area (TPSA) is 34.1 Å². The van der Waals surface area contributed by atoms with Crippen LogP contribution in [-0.4, -0.2) is 11.6 Å². The first kappa shape index (κ1) is 12.2. The second kappa shape index (κ2) is 5.29. The summed E-state index contributed by atoms with van der Waals surface area (Å²) >= 11 is 11.6. The normalized spacial score (nSPS) is 10.1. The number of rotatable bonds is 4. The molecular weight excluding hydrogens is 235 g/mol. The van der Waals surface area contributed by atoms with Crippen LogP contribution in [0.25, 0.3) is 0 Å². The lowest BCUT2D eigenvalue weighted by Gasteiger charge is -2.03. The summed E-state index contributed by atoms with van der Waals surface area (Å²) in [6, 6.07) is 4.81. The molecule has 0 aromatic heterocycles. The molecule has 0 atom stereocenters. The second-order valence-corrected chi connectivity index (χ2v) is 3.88. The van der Waals surface area contributed by atoms with Gasteiger partial charge in [0.05, 0.1) is 16.5 Å². The second-order valence-electron chi connectivity index (χ2n) is 3.09. The van der Waals surface area contributed by atoms with Gasteiger partial charge < -0.3 is 0 Å². The largest absolute Gasteiger partial charge is 0.299 e. The van der Waals surface area contributed by atoms with Crippen molar-refractivity contribution in [3.63, 3.8) is 0 Å². The van der Waals surface area contributed by atoms with Crippen molar-refractivity contribution in [3.8, 4) is 0 Å². The number of carbonyl (C=O) groups is 2. The number of carbonyl (C=O) groups excluding carboxylic acids is 2. The molecule has 1 aromatic carbocycles. The van der Waals surface area contributed by atoms with E-state index in [4.69, 9.17) is 23.2 Å². The zero-order valence-electron chi connectivity index (χ0n) is 8.22. The zero-order valence-corrected chi connectivity index (χ0v) is 9.73. The molecule has 15 heavy (non-hydrogen) atoms. The molecule has 1 aromatic rings. The third kappa shape index (κ3) is 3.05. The minimum Gasteiger partial charge on any atom is -0.299 e. The van der Waals surface area contributed by atoms with E-state index in [9.17, 15) is 9.59 Å². The summed E-state index contributed by atoms with van der Waals surface area (Å²) < 4.78 is 0. The first-order chi connectivity index (χ1) is 7.06. The van der Waals surface area contributed by atoms with Crippen LogP contribution >= 0.6 is 23.2 Å². The lowest BCUT2D eigenvalue weighted by molar-refractivity contribution is -0.117. The number of Topliss-reactive ketones (excluding diaryl/α,β-unsaturated/α-hetero) is 2. The summed E-state index contributed by atoms with van der Waals surface area (Å²) in [5, 5.41) is 0.541. The first-order valence-corrected chi connectivity index (χ1v) is 5.30. The maximum Gasteiger partial charge on any atom is 0.171 e. The average molecular weight is 245 g/mol. The van der Waals surface area contributed by atoms with Crippen LogP contribution in [0, 0.1) is 0 Å². The standard InChI is InChI=1S/C11H10Cl2O2/c1-2-7(14)6-10(15)8-4-3-5-9(12)11(8)13/h3-5H,2,6H2,1H3. The van der Waals surface area contributed by atoms with Gasteiger partial charge in [-0.25, -0.2) is 0 Å². The Morgan fingerprint density at radius 3 is 2.53 bits per heavy atom. The highest BCUT2D eigenvalue weighted by atomic mass is 35.5. The third-order valence-corrected chi connectivity index (χ3v) is 2.82. The van der Waals surface area contributed by atoms with E-state index in [1.165, 1.54) is 0 Å². The average Bonchev–Trinajstić information content (AvgIpc) is 2.21. The third-order valence-electron chi connectivity index (χ3n) is 2.00. The van der Waals surface area contributed by atoms with E-state index in [0.717, 1.165) is 0 Å². The molecule has 0 unspecified atom stereocenters. The van der Waals surface area contributed by atoms with Crippen molar-refractivity contribution in [2.45, 2.75) is 19.8 Å². The lowest BCUT2D eigenvalue weighted by atomic mass is 10.1. The molecular formula is C11H10Cl2O2. The van der Waals surface area contributed by atoms with Crippen LogP contribution in [0.3, 0.4) is 0 Å². The number of benzene rings is 1. The molecule has 0 fully saturated rings. The maximum atomic E-state index is 11.6. The van der Waals surface area contributed by atoms with Crippen LogP contribution in [0.5, 0.6) is 0 Å². The molecule has 0 bridgehead atoms. The molecule has 0 N–H and O–H groups in total. The van der Waals surface area contributed by atoms with Gasteiger partial charge in [0.2, 0.25) is 0 Å². The van der Waals surface area contributed by atoms with Crippen molar-refractivity contribution >= 4 is 34.8 Å². The van der Waals surface area contributed by atoms with Crippen LogP contribution < -0.4 is 0 Å². The molecule has 4 heteroatoms. The fraction of sp³-hybridized carbons (Fsp3) is 0.273. The van der Waals surface area contributed by atoms with Gasteiger partial charge >= 0.3 is 0 Å². The Bertz CT molecular complexity index is 400. The van der Waals surface area contributed by atoms with Crippen molar-refractivity contribution in [1.82, 2.24) is 0 Å². The van der Waals surface area contributed by atoms with E-state index >= 15 is 0 Å². The van der Waals surface area contributed by atoms with E-state index in [1.54, 1.807) is 25.1 Å². The molecule has 0 aliphatic carbocycles. The van der Waals surface area contributed by atoms with Crippen LogP contribution in [0.4, 0.5) is 0 Å². The van der Waals surface area contributed by atoms with Crippen LogP contribution in [-0.2, 0) is 4.79 Å². The summed E-state index contributed by atoms with van der Waals surface area (Å²) in [5.41, 5.74) is 0.311. The predicted octanol–water partition coefficient (Wildman–Crippen LogP) is 3.55. The molecule has 1 rings (SSSR count). The Morgan fingerprint density at radius 1 is 1.27 bits per heavy atom. The minimum atomic E-state index is -0.283. The summed E-state index contributed by atoms with van der Waals surface area (Å²) in [5.74, 6) is -0.384. The highest BCUT2D eigenvalue weighted by Gasteiger charge is 2.14. The fourth-order valence-corrected chi connectivity index (χ4v) is 1.52. The zero-order chi connectivity index (χ0) is 11.4. The molecule has 0 spiro atoms. The fourth-order valence-electron chi connectivity index (χ4n) is 1.12. The molecule has 80 valence electrons. The highest BCUT2D eigenvalue weighted by molar-refractivity contribution is 6.44. The van der Waals surface area contributed by atoms with E-state index in [1.807, 2.05) is 0 Å². The van der Waals surface area contributed by atoms with Crippen molar-refractivity contribution in [3.05, 3.63) is 33.8 Å². The van der Waals surface area contributed by atoms with Crippen molar-refractivity contribution in [2.24, 2.45) is 0 Å². The number of hydrogen-bond donors (Lipinski definition) is 0. The number of ketones is 2. The van der Waals surface area contributed by atoms with Crippen LogP contribution in [0.2, 0.25) is 10.0 Å². The van der Waals surface area contributed by atoms with Gasteiger partial charge in [-0.2, -0.15) is 0 Å². The van der Waals surface area contributed by atoms with Gasteiger partial charge in [0.1, 0.15) is 5.78 Å². The van der Waals surface area contributed by atoms with Gasteiger partial charge in [-0.3, -0.25) is 9.59 Å². The monoisotopic (exact) mass is 244 g/mol. The van der Waals surface area contributed by atoms with Gasteiger partial charge in [-0.15, -0.1) is 0 Å². The molecule has 0 amide bonds. The van der Waals surface area contributed by atoms with Gasteiger partial charge in [0.15, 0.2) is 5.78 Å². The van der Waals surface area contributed by atoms with E-state index in [0.29, 0.717) is 17.0 Å². The van der Waals surface area contributed by atoms with Crippen molar-refractivity contribution in [1.29, 1.82) is 0 Å². The maximum absolute atomic E-state index is 11.6. The Labute approximate surface area is 98.2 Å². The summed E-state index contributed by atoms with van der Waals surface area (Å²) in [6.45, 7) is 1.72. The summed E-state index contributed by atoms with van der Waals surface area (Å²) in [4.78, 5) is 22.7. The Balaban J connectivity index is 2.92. The first-order valence-electron chi connectivity index (χ1n) is 4.55. The van der Waals surface area contributed by atoms with Crippen molar-refractivity contribution < 1.29 is 9.59 Å².